The highest BCUT2D eigenvalue weighted by atomic mass is 15.1. The summed E-state index contributed by atoms with van der Waals surface area (Å²) in [5.74, 6) is 0.983. The van der Waals surface area contributed by atoms with Gasteiger partial charge >= 0.3 is 0 Å². The molecule has 4 heteroatoms. The summed E-state index contributed by atoms with van der Waals surface area (Å²) in [6, 6.07) is 18.7. The number of pyridine rings is 1. The van der Waals surface area contributed by atoms with Gasteiger partial charge in [-0.1, -0.05) is 36.8 Å². The number of rotatable bonds is 3. The van der Waals surface area contributed by atoms with Crippen LogP contribution in [0.25, 0.3) is 16.7 Å². The number of hydrogen-bond acceptors (Lipinski definition) is 3. The van der Waals surface area contributed by atoms with Gasteiger partial charge in [0.25, 0.3) is 0 Å². The average Bonchev–Trinajstić information content (AvgIpc) is 3.03. The third-order valence-corrected chi connectivity index (χ3v) is 4.90. The van der Waals surface area contributed by atoms with Crippen LogP contribution in [-0.2, 0) is 6.42 Å². The Bertz CT molecular complexity index is 1160. The van der Waals surface area contributed by atoms with Crippen LogP contribution < -0.4 is 5.32 Å². The van der Waals surface area contributed by atoms with Crippen LogP contribution in [-0.4, -0.2) is 9.38 Å². The average molecular weight is 340 g/mol. The smallest absolute Gasteiger partial charge is 0.157 e. The Balaban J connectivity index is 2.09. The number of hydrogen-bond donors (Lipinski definition) is 1. The van der Waals surface area contributed by atoms with E-state index in [1.807, 2.05) is 31.2 Å². The van der Waals surface area contributed by atoms with Crippen LogP contribution in [0, 0.1) is 25.2 Å². The number of aromatic nitrogens is 2. The number of nitrogens with one attached hydrogen (secondary N) is 1. The Kier molecular flexibility index (Phi) is 3.85. The van der Waals surface area contributed by atoms with Crippen molar-refractivity contribution in [1.82, 2.24) is 9.38 Å². The molecule has 0 unspecified atom stereocenters. The molecular weight excluding hydrogens is 320 g/mol. The molecule has 0 fully saturated rings. The largest absolute Gasteiger partial charge is 0.341 e. The van der Waals surface area contributed by atoms with Crippen LogP contribution in [0.1, 0.15) is 29.2 Å². The number of fused-ring (bicyclic) bond motifs is 3. The summed E-state index contributed by atoms with van der Waals surface area (Å²) in [7, 11) is 0. The number of aryl methyl sites for hydroxylation is 1. The van der Waals surface area contributed by atoms with Crippen LogP contribution in [0.5, 0.6) is 0 Å². The minimum absolute atomic E-state index is 0.646. The SMILES string of the molecule is CCc1c(C)c(C#N)c2nc3ccccc3n2c1Nc1ccc(C)cc1. The van der Waals surface area contributed by atoms with Gasteiger partial charge in [-0.3, -0.25) is 4.40 Å². The van der Waals surface area contributed by atoms with Gasteiger partial charge in [0.1, 0.15) is 11.9 Å². The van der Waals surface area contributed by atoms with Crippen molar-refractivity contribution in [3.8, 4) is 6.07 Å². The van der Waals surface area contributed by atoms with Gasteiger partial charge in [0, 0.05) is 5.69 Å². The maximum Gasteiger partial charge on any atom is 0.157 e. The summed E-state index contributed by atoms with van der Waals surface area (Å²) in [6.07, 6.45) is 0.831. The molecule has 4 nitrogen and oxygen atoms in total. The van der Waals surface area contributed by atoms with Gasteiger partial charge in [-0.05, 0) is 55.7 Å². The second-order valence-electron chi connectivity index (χ2n) is 6.54. The molecule has 0 amide bonds. The van der Waals surface area contributed by atoms with Crippen molar-refractivity contribution in [2.45, 2.75) is 27.2 Å². The Hall–Kier alpha value is -3.32. The number of benzene rings is 2. The summed E-state index contributed by atoms with van der Waals surface area (Å²) in [5.41, 5.74) is 7.62. The molecule has 4 aromatic rings. The van der Waals surface area contributed by atoms with E-state index in [0.29, 0.717) is 11.2 Å². The van der Waals surface area contributed by atoms with Gasteiger partial charge in [0.15, 0.2) is 5.65 Å². The predicted octanol–water partition coefficient (Wildman–Crippen LogP) is 5.28. The quantitative estimate of drug-likeness (QED) is 0.552. The van der Waals surface area contributed by atoms with Crippen molar-refractivity contribution in [3.63, 3.8) is 0 Å². The first-order valence-electron chi connectivity index (χ1n) is 8.80. The van der Waals surface area contributed by atoms with Gasteiger partial charge in [-0.2, -0.15) is 5.26 Å². The first-order valence-corrected chi connectivity index (χ1v) is 8.80. The van der Waals surface area contributed by atoms with Crippen molar-refractivity contribution in [2.75, 3.05) is 5.32 Å². The molecule has 128 valence electrons. The molecule has 0 saturated carbocycles. The zero-order valence-corrected chi connectivity index (χ0v) is 15.2. The lowest BCUT2D eigenvalue weighted by Crippen LogP contribution is -2.07. The van der Waals surface area contributed by atoms with Crippen molar-refractivity contribution in [3.05, 3.63) is 70.8 Å². The zero-order valence-electron chi connectivity index (χ0n) is 15.2. The van der Waals surface area contributed by atoms with E-state index in [-0.39, 0.29) is 0 Å². The monoisotopic (exact) mass is 340 g/mol. The molecule has 1 N–H and O–H groups in total. The van der Waals surface area contributed by atoms with Gasteiger partial charge in [0.05, 0.1) is 16.6 Å². The van der Waals surface area contributed by atoms with Crippen molar-refractivity contribution in [2.24, 2.45) is 0 Å². The lowest BCUT2D eigenvalue weighted by Gasteiger charge is -2.18. The van der Waals surface area contributed by atoms with Gasteiger partial charge in [-0.15, -0.1) is 0 Å². The Morgan fingerprint density at radius 3 is 2.50 bits per heavy atom. The summed E-state index contributed by atoms with van der Waals surface area (Å²) in [5, 5.41) is 13.3. The van der Waals surface area contributed by atoms with Gasteiger partial charge in [0.2, 0.25) is 0 Å². The van der Waals surface area contributed by atoms with E-state index in [2.05, 4.69) is 53.9 Å². The summed E-state index contributed by atoms with van der Waals surface area (Å²) in [6.45, 7) is 6.21. The first kappa shape index (κ1) is 16.2. The molecular formula is C22H20N4. The fourth-order valence-corrected chi connectivity index (χ4v) is 3.52. The summed E-state index contributed by atoms with van der Waals surface area (Å²) >= 11 is 0. The summed E-state index contributed by atoms with van der Waals surface area (Å²) in [4.78, 5) is 4.74. The van der Waals surface area contributed by atoms with Crippen LogP contribution in [0.4, 0.5) is 11.5 Å². The van der Waals surface area contributed by atoms with E-state index in [4.69, 9.17) is 4.98 Å². The molecule has 0 atom stereocenters. The van der Waals surface area contributed by atoms with Crippen LogP contribution in [0.15, 0.2) is 48.5 Å². The van der Waals surface area contributed by atoms with Gasteiger partial charge in [-0.25, -0.2) is 4.98 Å². The number of nitriles is 1. The second kappa shape index (κ2) is 6.20. The minimum atomic E-state index is 0.646. The van der Waals surface area contributed by atoms with Crippen molar-refractivity contribution in [1.29, 1.82) is 5.26 Å². The topological polar surface area (TPSA) is 53.1 Å². The molecule has 26 heavy (non-hydrogen) atoms. The molecule has 0 spiro atoms. The summed E-state index contributed by atoms with van der Waals surface area (Å²) < 4.78 is 2.08. The standard InChI is InChI=1S/C22H20N4/c1-4-17-15(3)18(13-23)22-25-19-7-5-6-8-20(19)26(22)21(17)24-16-11-9-14(2)10-12-16/h5-12,24H,4H2,1-3H3. The molecule has 2 heterocycles. The normalized spacial score (nSPS) is 11.0. The lowest BCUT2D eigenvalue weighted by atomic mass is 10.0. The molecule has 4 rings (SSSR count). The number of anilines is 2. The molecule has 0 bridgehead atoms. The van der Waals surface area contributed by atoms with Gasteiger partial charge < -0.3 is 5.32 Å². The molecule has 0 aliphatic carbocycles. The number of para-hydroxylation sites is 2. The maximum absolute atomic E-state index is 9.75. The fourth-order valence-electron chi connectivity index (χ4n) is 3.52. The fraction of sp³-hybridized carbons (Fsp3) is 0.182. The number of imidazole rings is 1. The van der Waals surface area contributed by atoms with E-state index in [0.717, 1.165) is 40.1 Å². The molecule has 2 aromatic carbocycles. The molecule has 0 aliphatic heterocycles. The van der Waals surface area contributed by atoms with Crippen LogP contribution in [0.2, 0.25) is 0 Å². The minimum Gasteiger partial charge on any atom is -0.341 e. The molecule has 2 aromatic heterocycles. The molecule has 0 radical (unpaired) electrons. The van der Waals surface area contributed by atoms with E-state index < -0.39 is 0 Å². The van der Waals surface area contributed by atoms with E-state index in [1.54, 1.807) is 0 Å². The van der Waals surface area contributed by atoms with Crippen molar-refractivity contribution >= 4 is 28.2 Å². The van der Waals surface area contributed by atoms with E-state index in [1.165, 1.54) is 5.56 Å². The number of nitrogens with zero attached hydrogens (tertiary/aromatic N) is 3. The maximum atomic E-state index is 9.75. The third-order valence-electron chi connectivity index (χ3n) is 4.90. The van der Waals surface area contributed by atoms with Crippen LogP contribution in [0.3, 0.4) is 0 Å². The molecule has 0 aliphatic rings. The second-order valence-corrected chi connectivity index (χ2v) is 6.54. The third kappa shape index (κ3) is 2.41. The van der Waals surface area contributed by atoms with E-state index in [9.17, 15) is 5.26 Å². The highest BCUT2D eigenvalue weighted by molar-refractivity contribution is 5.87. The van der Waals surface area contributed by atoms with Crippen molar-refractivity contribution < 1.29 is 0 Å². The Labute approximate surface area is 152 Å². The zero-order chi connectivity index (χ0) is 18.3. The van der Waals surface area contributed by atoms with E-state index >= 15 is 0 Å². The highest BCUT2D eigenvalue weighted by Crippen LogP contribution is 2.33. The Morgan fingerprint density at radius 1 is 1.08 bits per heavy atom. The predicted molar refractivity (Wildman–Crippen MR) is 106 cm³/mol. The Morgan fingerprint density at radius 2 is 1.81 bits per heavy atom. The highest BCUT2D eigenvalue weighted by Gasteiger charge is 2.19. The van der Waals surface area contributed by atoms with Crippen LogP contribution >= 0.6 is 0 Å². The lowest BCUT2D eigenvalue weighted by molar-refractivity contribution is 1.05. The first-order chi connectivity index (χ1) is 12.6. The molecule has 0 saturated heterocycles.